The first-order valence-electron chi connectivity index (χ1n) is 6.26. The topological polar surface area (TPSA) is 49.9 Å². The fourth-order valence-electron chi connectivity index (χ4n) is 2.12. The normalized spacial score (nSPS) is 10.7. The number of nitrogens with zero attached hydrogens (tertiary/aromatic N) is 1. The monoisotopic (exact) mass is 331 g/mol. The highest BCUT2D eigenvalue weighted by Crippen LogP contribution is 2.25. The van der Waals surface area contributed by atoms with E-state index in [-0.39, 0.29) is 0 Å². The Morgan fingerprint density at radius 3 is 3.05 bits per heavy atom. The molecule has 1 heterocycles. The van der Waals surface area contributed by atoms with Gasteiger partial charge in [-0.05, 0) is 29.8 Å². The molecule has 0 aliphatic heterocycles. The Morgan fingerprint density at radius 1 is 1.30 bits per heavy atom. The Balaban J connectivity index is 1.84. The molecule has 20 heavy (non-hydrogen) atoms. The zero-order valence-electron chi connectivity index (χ0n) is 11.0. The van der Waals surface area contributed by atoms with Gasteiger partial charge in [-0.15, -0.1) is 0 Å². The predicted molar refractivity (Wildman–Crippen MR) is 84.1 cm³/mol. The number of methoxy groups -OCH3 is 1. The van der Waals surface area contributed by atoms with Crippen molar-refractivity contribution in [3.8, 4) is 5.75 Å². The van der Waals surface area contributed by atoms with Gasteiger partial charge in [0.1, 0.15) is 5.75 Å². The van der Waals surface area contributed by atoms with Gasteiger partial charge in [-0.25, -0.2) is 0 Å². The fraction of sp³-hybridized carbons (Fsp3) is 0.133. The zero-order valence-corrected chi connectivity index (χ0v) is 12.6. The minimum Gasteiger partial charge on any atom is -0.497 e. The number of H-pyrrole nitrogens is 1. The van der Waals surface area contributed by atoms with Crippen molar-refractivity contribution in [2.45, 2.75) is 6.54 Å². The van der Waals surface area contributed by atoms with Crippen molar-refractivity contribution in [2.24, 2.45) is 0 Å². The highest BCUT2D eigenvalue weighted by atomic mass is 79.9. The molecular formula is C15H14BrN3O. The average molecular weight is 332 g/mol. The Labute approximate surface area is 125 Å². The lowest BCUT2D eigenvalue weighted by atomic mass is 10.2. The number of fused-ring (bicyclic) bond motifs is 1. The van der Waals surface area contributed by atoms with Crippen LogP contribution in [-0.4, -0.2) is 17.3 Å². The van der Waals surface area contributed by atoms with Crippen molar-refractivity contribution in [2.75, 3.05) is 12.4 Å². The first-order chi connectivity index (χ1) is 9.78. The van der Waals surface area contributed by atoms with E-state index in [1.54, 1.807) is 7.11 Å². The lowest BCUT2D eigenvalue weighted by Gasteiger charge is -2.10. The van der Waals surface area contributed by atoms with Crippen LogP contribution in [0.1, 0.15) is 5.56 Å². The summed E-state index contributed by atoms with van der Waals surface area (Å²) in [4.78, 5) is 0. The van der Waals surface area contributed by atoms with E-state index in [0.717, 1.165) is 32.4 Å². The molecule has 0 amide bonds. The summed E-state index contributed by atoms with van der Waals surface area (Å²) in [5.74, 6) is 0.852. The minimum atomic E-state index is 0.704. The van der Waals surface area contributed by atoms with E-state index in [1.165, 1.54) is 0 Å². The van der Waals surface area contributed by atoms with Gasteiger partial charge in [0.15, 0.2) is 0 Å². The lowest BCUT2D eigenvalue weighted by Crippen LogP contribution is -2.01. The quantitative estimate of drug-likeness (QED) is 0.761. The molecule has 0 aliphatic rings. The Kier molecular flexibility index (Phi) is 3.60. The molecule has 102 valence electrons. The summed E-state index contributed by atoms with van der Waals surface area (Å²) >= 11 is 3.56. The number of rotatable bonds is 4. The van der Waals surface area contributed by atoms with Crippen LogP contribution in [0.3, 0.4) is 0 Å². The van der Waals surface area contributed by atoms with Crippen LogP contribution in [0.5, 0.6) is 5.75 Å². The van der Waals surface area contributed by atoms with Gasteiger partial charge in [-0.2, -0.15) is 5.10 Å². The highest BCUT2D eigenvalue weighted by Gasteiger charge is 2.05. The van der Waals surface area contributed by atoms with E-state index in [1.807, 2.05) is 42.6 Å². The van der Waals surface area contributed by atoms with Crippen LogP contribution in [0, 0.1) is 0 Å². The number of nitrogens with one attached hydrogen (secondary N) is 2. The Bertz CT molecular complexity index is 739. The Hall–Kier alpha value is -2.01. The maximum absolute atomic E-state index is 5.25. The lowest BCUT2D eigenvalue weighted by molar-refractivity contribution is 0.414. The third-order valence-corrected chi connectivity index (χ3v) is 3.97. The van der Waals surface area contributed by atoms with Gasteiger partial charge < -0.3 is 10.1 Å². The number of hydrogen-bond donors (Lipinski definition) is 2. The van der Waals surface area contributed by atoms with Crippen molar-refractivity contribution in [1.82, 2.24) is 10.2 Å². The van der Waals surface area contributed by atoms with E-state index in [4.69, 9.17) is 4.74 Å². The maximum atomic E-state index is 5.25. The molecule has 5 heteroatoms. The summed E-state index contributed by atoms with van der Waals surface area (Å²) in [5.41, 5.74) is 3.20. The van der Waals surface area contributed by atoms with Gasteiger partial charge in [0.05, 0.1) is 24.5 Å². The number of aromatic amines is 1. The number of halogens is 1. The molecule has 0 unspecified atom stereocenters. The van der Waals surface area contributed by atoms with E-state index < -0.39 is 0 Å². The van der Waals surface area contributed by atoms with Crippen molar-refractivity contribution >= 4 is 32.5 Å². The SMILES string of the molecule is COc1ccc(Br)c(CNc2cccc3cn[nH]c23)c1. The average Bonchev–Trinajstić information content (AvgIpc) is 2.95. The van der Waals surface area contributed by atoms with Crippen molar-refractivity contribution in [3.63, 3.8) is 0 Å². The number of ether oxygens (including phenoxy) is 1. The van der Waals surface area contributed by atoms with Crippen LogP contribution in [0.15, 0.2) is 47.1 Å². The van der Waals surface area contributed by atoms with E-state index in [0.29, 0.717) is 6.54 Å². The summed E-state index contributed by atoms with van der Waals surface area (Å²) in [7, 11) is 1.67. The van der Waals surface area contributed by atoms with Gasteiger partial charge in [0, 0.05) is 16.4 Å². The zero-order chi connectivity index (χ0) is 13.9. The predicted octanol–water partition coefficient (Wildman–Crippen LogP) is 3.95. The molecule has 0 bridgehead atoms. The largest absolute Gasteiger partial charge is 0.497 e. The van der Waals surface area contributed by atoms with Gasteiger partial charge in [-0.3, -0.25) is 5.10 Å². The van der Waals surface area contributed by atoms with Crippen LogP contribution >= 0.6 is 15.9 Å². The second kappa shape index (κ2) is 5.54. The first kappa shape index (κ1) is 13.0. The summed E-state index contributed by atoms with van der Waals surface area (Å²) < 4.78 is 6.31. The summed E-state index contributed by atoms with van der Waals surface area (Å²) in [6, 6.07) is 12.0. The molecule has 3 rings (SSSR count). The number of benzene rings is 2. The van der Waals surface area contributed by atoms with Gasteiger partial charge in [-0.1, -0.05) is 28.1 Å². The number of para-hydroxylation sites is 1. The van der Waals surface area contributed by atoms with Crippen LogP contribution in [0.2, 0.25) is 0 Å². The van der Waals surface area contributed by atoms with Crippen LogP contribution < -0.4 is 10.1 Å². The van der Waals surface area contributed by atoms with E-state index >= 15 is 0 Å². The molecular weight excluding hydrogens is 318 g/mol. The van der Waals surface area contributed by atoms with Crippen LogP contribution in [0.25, 0.3) is 10.9 Å². The second-order valence-corrected chi connectivity index (χ2v) is 5.31. The number of anilines is 1. The third kappa shape index (κ3) is 2.49. The molecule has 3 aromatic rings. The standard InChI is InChI=1S/C15H14BrN3O/c1-20-12-5-6-13(16)11(7-12)8-17-14-4-2-3-10-9-18-19-15(10)14/h2-7,9,17H,8H2,1H3,(H,18,19). The van der Waals surface area contributed by atoms with Gasteiger partial charge >= 0.3 is 0 Å². The van der Waals surface area contributed by atoms with E-state index in [9.17, 15) is 0 Å². The highest BCUT2D eigenvalue weighted by molar-refractivity contribution is 9.10. The van der Waals surface area contributed by atoms with Crippen LogP contribution in [0.4, 0.5) is 5.69 Å². The van der Waals surface area contributed by atoms with Crippen molar-refractivity contribution < 1.29 is 4.74 Å². The second-order valence-electron chi connectivity index (χ2n) is 4.45. The fourth-order valence-corrected chi connectivity index (χ4v) is 2.51. The molecule has 0 saturated carbocycles. The third-order valence-electron chi connectivity index (χ3n) is 3.20. The molecule has 2 aromatic carbocycles. The summed E-state index contributed by atoms with van der Waals surface area (Å²) in [6.45, 7) is 0.704. The van der Waals surface area contributed by atoms with Crippen LogP contribution in [-0.2, 0) is 6.54 Å². The van der Waals surface area contributed by atoms with Crippen molar-refractivity contribution in [1.29, 1.82) is 0 Å². The molecule has 4 nitrogen and oxygen atoms in total. The summed E-state index contributed by atoms with van der Waals surface area (Å²) in [5, 5.41) is 11.6. The molecule has 1 aromatic heterocycles. The number of hydrogen-bond acceptors (Lipinski definition) is 3. The summed E-state index contributed by atoms with van der Waals surface area (Å²) in [6.07, 6.45) is 1.82. The molecule has 0 saturated heterocycles. The molecule has 0 radical (unpaired) electrons. The minimum absolute atomic E-state index is 0.704. The van der Waals surface area contributed by atoms with Crippen molar-refractivity contribution in [3.05, 3.63) is 52.6 Å². The van der Waals surface area contributed by atoms with E-state index in [2.05, 4.69) is 31.4 Å². The maximum Gasteiger partial charge on any atom is 0.119 e. The van der Waals surface area contributed by atoms with Gasteiger partial charge in [0.25, 0.3) is 0 Å². The molecule has 0 spiro atoms. The number of aromatic nitrogens is 2. The molecule has 2 N–H and O–H groups in total. The molecule has 0 aliphatic carbocycles. The van der Waals surface area contributed by atoms with Gasteiger partial charge in [0.2, 0.25) is 0 Å². The first-order valence-corrected chi connectivity index (χ1v) is 7.05. The molecule has 0 atom stereocenters. The smallest absolute Gasteiger partial charge is 0.119 e. The Morgan fingerprint density at radius 2 is 2.20 bits per heavy atom. The molecule has 0 fully saturated rings.